The maximum absolute atomic E-state index is 11.9. The highest BCUT2D eigenvalue weighted by atomic mass is 35.5. The van der Waals surface area contributed by atoms with Gasteiger partial charge in [0.25, 0.3) is 5.56 Å². The van der Waals surface area contributed by atoms with Gasteiger partial charge in [-0.3, -0.25) is 9.59 Å². The average Bonchev–Trinajstić information content (AvgIpc) is 2.27. The fourth-order valence-electron chi connectivity index (χ4n) is 1.89. The lowest BCUT2D eigenvalue weighted by molar-refractivity contribution is 0.112. The topological polar surface area (TPSA) is 39.1 Å². The summed E-state index contributed by atoms with van der Waals surface area (Å²) in [5.74, 6) is 0. The summed E-state index contributed by atoms with van der Waals surface area (Å²) in [6, 6.07) is 5.38. The van der Waals surface area contributed by atoms with Crippen LogP contribution in [-0.4, -0.2) is 10.9 Å². The quantitative estimate of drug-likeness (QED) is 0.712. The van der Waals surface area contributed by atoms with Crippen LogP contribution in [0.5, 0.6) is 0 Å². The number of pyridine rings is 1. The molecule has 0 atom stereocenters. The van der Waals surface area contributed by atoms with E-state index in [1.807, 2.05) is 6.07 Å². The Bertz CT molecular complexity index is 643. The first-order valence-corrected chi connectivity index (χ1v) is 5.18. The van der Waals surface area contributed by atoms with Gasteiger partial charge in [-0.1, -0.05) is 23.7 Å². The summed E-state index contributed by atoms with van der Waals surface area (Å²) in [7, 11) is 1.61. The van der Waals surface area contributed by atoms with Gasteiger partial charge in [0.05, 0.1) is 16.1 Å². The van der Waals surface area contributed by atoms with Crippen LogP contribution in [0.1, 0.15) is 15.9 Å². The molecule has 0 aliphatic heterocycles. The predicted molar refractivity (Wildman–Crippen MR) is 64.3 cm³/mol. The third-order valence-electron chi connectivity index (χ3n) is 2.78. The highest BCUT2D eigenvalue weighted by Gasteiger charge is 2.12. The summed E-state index contributed by atoms with van der Waals surface area (Å²) >= 11 is 6.05. The molecule has 3 nitrogen and oxygen atoms in total. The number of halogens is 1. The Morgan fingerprint density at radius 2 is 2.06 bits per heavy atom. The van der Waals surface area contributed by atoms with Crippen LogP contribution in [0.4, 0.5) is 0 Å². The van der Waals surface area contributed by atoms with Gasteiger partial charge in [0.15, 0.2) is 6.29 Å². The number of nitrogens with zero attached hydrogens (tertiary/aromatic N) is 1. The maximum atomic E-state index is 11.9. The van der Waals surface area contributed by atoms with Crippen molar-refractivity contribution in [1.29, 1.82) is 0 Å². The van der Waals surface area contributed by atoms with Gasteiger partial charge in [0, 0.05) is 12.4 Å². The van der Waals surface area contributed by atoms with Gasteiger partial charge in [0.1, 0.15) is 0 Å². The minimum absolute atomic E-state index is 0.192. The Morgan fingerprint density at radius 3 is 2.69 bits per heavy atom. The van der Waals surface area contributed by atoms with Crippen molar-refractivity contribution in [1.82, 2.24) is 4.57 Å². The molecule has 4 heteroatoms. The van der Waals surface area contributed by atoms with Crippen molar-refractivity contribution in [2.24, 2.45) is 7.05 Å². The van der Waals surface area contributed by atoms with Crippen molar-refractivity contribution >= 4 is 28.8 Å². The fourth-order valence-corrected chi connectivity index (χ4v) is 2.19. The van der Waals surface area contributed by atoms with E-state index in [0.717, 1.165) is 5.39 Å². The van der Waals surface area contributed by atoms with E-state index in [-0.39, 0.29) is 11.1 Å². The van der Waals surface area contributed by atoms with Crippen LogP contribution in [0.15, 0.2) is 23.0 Å². The van der Waals surface area contributed by atoms with E-state index < -0.39 is 0 Å². The summed E-state index contributed by atoms with van der Waals surface area (Å²) in [6.07, 6.45) is 0.595. The molecule has 0 aliphatic carbocycles. The van der Waals surface area contributed by atoms with Crippen molar-refractivity contribution in [2.75, 3.05) is 0 Å². The second-order valence-corrected chi connectivity index (χ2v) is 4.06. The van der Waals surface area contributed by atoms with Crippen LogP contribution in [0, 0.1) is 6.92 Å². The molecule has 16 heavy (non-hydrogen) atoms. The van der Waals surface area contributed by atoms with Gasteiger partial charge in [-0.2, -0.15) is 0 Å². The first kappa shape index (κ1) is 10.9. The SMILES string of the molecule is Cc1c(C=O)c(=O)n(C)c2c(Cl)cccc12. The van der Waals surface area contributed by atoms with Crippen LogP contribution in [0.2, 0.25) is 5.02 Å². The minimum Gasteiger partial charge on any atom is -0.309 e. The number of carbonyl (C=O) groups excluding carboxylic acids is 1. The molecule has 0 N–H and O–H groups in total. The number of para-hydroxylation sites is 1. The molecule has 1 aromatic carbocycles. The number of aldehydes is 1. The predicted octanol–water partition coefficient (Wildman–Crippen LogP) is 2.31. The van der Waals surface area contributed by atoms with Gasteiger partial charge in [-0.15, -0.1) is 0 Å². The third-order valence-corrected chi connectivity index (χ3v) is 3.09. The molecule has 2 aromatic rings. The van der Waals surface area contributed by atoms with Crippen LogP contribution >= 0.6 is 11.6 Å². The number of aromatic nitrogens is 1. The first-order valence-electron chi connectivity index (χ1n) is 4.81. The molecule has 0 fully saturated rings. The smallest absolute Gasteiger partial charge is 0.261 e. The van der Waals surface area contributed by atoms with Gasteiger partial charge in [-0.05, 0) is 18.6 Å². The Morgan fingerprint density at radius 1 is 1.38 bits per heavy atom. The van der Waals surface area contributed by atoms with Gasteiger partial charge in [-0.25, -0.2) is 0 Å². The normalized spacial score (nSPS) is 10.7. The van der Waals surface area contributed by atoms with Crippen LogP contribution in [-0.2, 0) is 7.05 Å². The van der Waals surface area contributed by atoms with Crippen molar-refractivity contribution < 1.29 is 4.79 Å². The summed E-state index contributed by atoms with van der Waals surface area (Å²) in [6.45, 7) is 1.75. The monoisotopic (exact) mass is 235 g/mol. The number of fused-ring (bicyclic) bond motifs is 1. The van der Waals surface area contributed by atoms with E-state index >= 15 is 0 Å². The Balaban J connectivity index is 3.14. The first-order chi connectivity index (χ1) is 7.57. The average molecular weight is 236 g/mol. The molecule has 1 aromatic heterocycles. The number of hydrogen-bond acceptors (Lipinski definition) is 2. The molecule has 0 radical (unpaired) electrons. The van der Waals surface area contributed by atoms with E-state index in [4.69, 9.17) is 11.6 Å². The van der Waals surface area contributed by atoms with Crippen molar-refractivity contribution in [3.05, 3.63) is 44.7 Å². The number of aryl methyl sites for hydroxylation is 2. The molecular formula is C12H10ClNO2. The number of benzene rings is 1. The van der Waals surface area contributed by atoms with E-state index in [2.05, 4.69) is 0 Å². The molecule has 1 heterocycles. The molecule has 0 spiro atoms. The second-order valence-electron chi connectivity index (χ2n) is 3.66. The number of carbonyl (C=O) groups is 1. The Hall–Kier alpha value is -1.61. The van der Waals surface area contributed by atoms with E-state index in [1.165, 1.54) is 4.57 Å². The molecule has 0 bridgehead atoms. The molecule has 0 amide bonds. The standard InChI is InChI=1S/C12H10ClNO2/c1-7-8-4-3-5-10(13)11(8)14(2)12(16)9(7)6-15/h3-6H,1-2H3. The Labute approximate surface area is 97.3 Å². The largest absolute Gasteiger partial charge is 0.309 e. The van der Waals surface area contributed by atoms with Crippen LogP contribution in [0.25, 0.3) is 10.9 Å². The molecule has 0 unspecified atom stereocenters. The summed E-state index contributed by atoms with van der Waals surface area (Å²) in [4.78, 5) is 22.7. The van der Waals surface area contributed by atoms with Gasteiger partial charge in [0.2, 0.25) is 0 Å². The molecule has 0 saturated heterocycles. The summed E-state index contributed by atoms with van der Waals surface area (Å²) < 4.78 is 1.41. The van der Waals surface area contributed by atoms with Crippen molar-refractivity contribution in [3.8, 4) is 0 Å². The number of hydrogen-bond donors (Lipinski definition) is 0. The molecular weight excluding hydrogens is 226 g/mol. The Kier molecular flexibility index (Phi) is 2.56. The molecule has 0 aliphatic rings. The lowest BCUT2D eigenvalue weighted by Crippen LogP contribution is -2.22. The van der Waals surface area contributed by atoms with Crippen LogP contribution < -0.4 is 5.56 Å². The zero-order valence-corrected chi connectivity index (χ0v) is 9.71. The molecule has 0 saturated carbocycles. The van der Waals surface area contributed by atoms with Gasteiger partial charge >= 0.3 is 0 Å². The fraction of sp³-hybridized carbons (Fsp3) is 0.167. The van der Waals surface area contributed by atoms with E-state index in [0.29, 0.717) is 22.4 Å². The lowest BCUT2D eigenvalue weighted by atomic mass is 10.1. The summed E-state index contributed by atoms with van der Waals surface area (Å²) in [5, 5.41) is 1.34. The second kappa shape index (κ2) is 3.76. The van der Waals surface area contributed by atoms with Crippen molar-refractivity contribution in [2.45, 2.75) is 6.92 Å². The minimum atomic E-state index is -0.312. The maximum Gasteiger partial charge on any atom is 0.261 e. The zero-order valence-electron chi connectivity index (χ0n) is 8.95. The highest BCUT2D eigenvalue weighted by Crippen LogP contribution is 2.24. The lowest BCUT2D eigenvalue weighted by Gasteiger charge is -2.10. The number of rotatable bonds is 1. The molecule has 2 rings (SSSR count). The molecule has 82 valence electrons. The third kappa shape index (κ3) is 1.36. The van der Waals surface area contributed by atoms with Crippen LogP contribution in [0.3, 0.4) is 0 Å². The highest BCUT2D eigenvalue weighted by molar-refractivity contribution is 6.35. The summed E-state index contributed by atoms with van der Waals surface area (Å²) in [5.41, 5.74) is 1.22. The van der Waals surface area contributed by atoms with E-state index in [9.17, 15) is 9.59 Å². The van der Waals surface area contributed by atoms with E-state index in [1.54, 1.807) is 26.1 Å². The zero-order chi connectivity index (χ0) is 11.9. The van der Waals surface area contributed by atoms with Crippen molar-refractivity contribution in [3.63, 3.8) is 0 Å². The van der Waals surface area contributed by atoms with Gasteiger partial charge < -0.3 is 4.57 Å².